The Morgan fingerprint density at radius 2 is 2.00 bits per heavy atom. The van der Waals surface area contributed by atoms with Gasteiger partial charge in [-0.2, -0.15) is 0 Å². The number of amides is 1. The lowest BCUT2D eigenvalue weighted by Gasteiger charge is -2.36. The molecule has 1 amide bonds. The molecule has 110 valence electrons. The van der Waals surface area contributed by atoms with Crippen LogP contribution in [-0.4, -0.2) is 26.0 Å². The molecule has 1 aromatic carbocycles. The number of piperidine rings is 1. The van der Waals surface area contributed by atoms with E-state index in [0.29, 0.717) is 11.3 Å². The fourth-order valence-electron chi connectivity index (χ4n) is 2.94. The minimum absolute atomic E-state index is 0.0500. The first kappa shape index (κ1) is 14.7. The number of carbonyl (C=O) groups excluding carboxylic acids is 1. The van der Waals surface area contributed by atoms with Gasteiger partial charge in [-0.05, 0) is 42.9 Å². The van der Waals surface area contributed by atoms with Crippen LogP contribution in [-0.2, 0) is 0 Å². The van der Waals surface area contributed by atoms with Crippen molar-refractivity contribution < 1.29 is 4.79 Å². The molecule has 0 saturated carbocycles. The van der Waals surface area contributed by atoms with Gasteiger partial charge in [0, 0.05) is 25.8 Å². The molecule has 3 N–H and O–H groups in total. The second-order valence-electron chi connectivity index (χ2n) is 5.92. The molecule has 0 bridgehead atoms. The number of hydrogen-bond donors (Lipinski definition) is 2. The summed E-state index contributed by atoms with van der Waals surface area (Å²) in [6.07, 6.45) is 2.36. The van der Waals surface area contributed by atoms with Crippen molar-refractivity contribution in [3.8, 4) is 0 Å². The number of nitrogens with two attached hydrogens (primary N) is 1. The first-order valence-electron chi connectivity index (χ1n) is 7.39. The third-order valence-corrected chi connectivity index (χ3v) is 4.32. The lowest BCUT2D eigenvalue weighted by Crippen LogP contribution is -2.36. The Kier molecular flexibility index (Phi) is 4.53. The van der Waals surface area contributed by atoms with E-state index < -0.39 is 0 Å². The predicted octanol–water partition coefficient (Wildman–Crippen LogP) is 2.50. The fourth-order valence-corrected chi connectivity index (χ4v) is 2.94. The topological polar surface area (TPSA) is 58.4 Å². The third-order valence-electron chi connectivity index (χ3n) is 4.32. The summed E-state index contributed by atoms with van der Waals surface area (Å²) in [6, 6.07) is 5.52. The van der Waals surface area contributed by atoms with Gasteiger partial charge in [0.1, 0.15) is 0 Å². The van der Waals surface area contributed by atoms with E-state index in [0.717, 1.165) is 30.6 Å². The quantitative estimate of drug-likeness (QED) is 0.833. The maximum Gasteiger partial charge on any atom is 0.253 e. The minimum Gasteiger partial charge on any atom is -0.399 e. The van der Waals surface area contributed by atoms with Crippen molar-refractivity contribution in [3.63, 3.8) is 0 Å². The lowest BCUT2D eigenvalue weighted by atomic mass is 9.86. The minimum atomic E-state index is -0.0500. The molecular formula is C16H25N3O. The summed E-state index contributed by atoms with van der Waals surface area (Å²) in [5, 5.41) is 2.70. The SMILES string of the molecule is CNC(=O)c1ccc(N)cc1N1CCC(C(C)C)CC1. The van der Waals surface area contributed by atoms with Crippen LogP contribution in [0.1, 0.15) is 37.0 Å². The average Bonchev–Trinajstić information content (AvgIpc) is 2.46. The molecule has 1 fully saturated rings. The first-order chi connectivity index (χ1) is 9.52. The van der Waals surface area contributed by atoms with Crippen molar-refractivity contribution in [2.75, 3.05) is 30.8 Å². The van der Waals surface area contributed by atoms with Gasteiger partial charge in [-0.25, -0.2) is 0 Å². The number of rotatable bonds is 3. The van der Waals surface area contributed by atoms with Crippen LogP contribution in [0.25, 0.3) is 0 Å². The molecule has 4 heteroatoms. The highest BCUT2D eigenvalue weighted by molar-refractivity contribution is 6.00. The van der Waals surface area contributed by atoms with Gasteiger partial charge in [0.2, 0.25) is 0 Å². The molecule has 1 heterocycles. The van der Waals surface area contributed by atoms with Crippen LogP contribution in [0, 0.1) is 11.8 Å². The van der Waals surface area contributed by atoms with E-state index in [4.69, 9.17) is 5.73 Å². The molecule has 1 saturated heterocycles. The molecule has 20 heavy (non-hydrogen) atoms. The lowest BCUT2D eigenvalue weighted by molar-refractivity contribution is 0.0963. The highest BCUT2D eigenvalue weighted by Gasteiger charge is 2.24. The van der Waals surface area contributed by atoms with Crippen LogP contribution in [0.5, 0.6) is 0 Å². The molecule has 0 spiro atoms. The van der Waals surface area contributed by atoms with E-state index in [-0.39, 0.29) is 5.91 Å². The Hall–Kier alpha value is -1.71. The number of hydrogen-bond acceptors (Lipinski definition) is 3. The van der Waals surface area contributed by atoms with Crippen molar-refractivity contribution in [1.82, 2.24) is 5.32 Å². The molecule has 0 atom stereocenters. The fraction of sp³-hybridized carbons (Fsp3) is 0.562. The van der Waals surface area contributed by atoms with Crippen molar-refractivity contribution in [1.29, 1.82) is 0 Å². The molecule has 1 aliphatic heterocycles. The first-order valence-corrected chi connectivity index (χ1v) is 7.39. The molecular weight excluding hydrogens is 250 g/mol. The second-order valence-corrected chi connectivity index (χ2v) is 5.92. The van der Waals surface area contributed by atoms with Crippen LogP contribution >= 0.6 is 0 Å². The van der Waals surface area contributed by atoms with Gasteiger partial charge in [0.05, 0.1) is 11.3 Å². The van der Waals surface area contributed by atoms with E-state index in [1.807, 2.05) is 12.1 Å². The molecule has 0 unspecified atom stereocenters. The summed E-state index contributed by atoms with van der Waals surface area (Å²) in [7, 11) is 1.66. The number of benzene rings is 1. The smallest absolute Gasteiger partial charge is 0.253 e. The number of nitrogens with zero attached hydrogens (tertiary/aromatic N) is 1. The van der Waals surface area contributed by atoms with Crippen molar-refractivity contribution in [2.24, 2.45) is 11.8 Å². The van der Waals surface area contributed by atoms with Crippen LogP contribution in [0.15, 0.2) is 18.2 Å². The van der Waals surface area contributed by atoms with E-state index >= 15 is 0 Å². The van der Waals surface area contributed by atoms with Gasteiger partial charge in [-0.15, -0.1) is 0 Å². The second kappa shape index (κ2) is 6.16. The number of anilines is 2. The Balaban J connectivity index is 2.20. The van der Waals surface area contributed by atoms with Crippen LogP contribution in [0.3, 0.4) is 0 Å². The molecule has 0 aliphatic carbocycles. The zero-order chi connectivity index (χ0) is 14.7. The van der Waals surface area contributed by atoms with E-state index in [1.54, 1.807) is 13.1 Å². The van der Waals surface area contributed by atoms with Gasteiger partial charge in [-0.1, -0.05) is 13.8 Å². The summed E-state index contributed by atoms with van der Waals surface area (Å²) in [6.45, 7) is 6.57. The third kappa shape index (κ3) is 3.06. The summed E-state index contributed by atoms with van der Waals surface area (Å²) >= 11 is 0. The Bertz CT molecular complexity index is 477. The van der Waals surface area contributed by atoms with Gasteiger partial charge in [0.25, 0.3) is 5.91 Å². The van der Waals surface area contributed by atoms with Gasteiger partial charge in [-0.3, -0.25) is 4.79 Å². The van der Waals surface area contributed by atoms with Gasteiger partial charge in [0.15, 0.2) is 0 Å². The van der Waals surface area contributed by atoms with Crippen LogP contribution in [0.4, 0.5) is 11.4 Å². The maximum absolute atomic E-state index is 12.0. The predicted molar refractivity (Wildman–Crippen MR) is 84.0 cm³/mol. The Morgan fingerprint density at radius 3 is 2.55 bits per heavy atom. The summed E-state index contributed by atoms with van der Waals surface area (Å²) in [5.74, 6) is 1.47. The molecule has 2 rings (SSSR count). The highest BCUT2D eigenvalue weighted by Crippen LogP contribution is 2.30. The summed E-state index contributed by atoms with van der Waals surface area (Å²) in [4.78, 5) is 14.3. The van der Waals surface area contributed by atoms with Gasteiger partial charge >= 0.3 is 0 Å². The molecule has 0 radical (unpaired) electrons. The molecule has 4 nitrogen and oxygen atoms in total. The standard InChI is InChI=1S/C16H25N3O/c1-11(2)12-6-8-19(9-7-12)15-10-13(17)4-5-14(15)16(20)18-3/h4-5,10-12H,6-9,17H2,1-3H3,(H,18,20). The number of nitrogen functional groups attached to an aromatic ring is 1. The largest absolute Gasteiger partial charge is 0.399 e. The van der Waals surface area contributed by atoms with Gasteiger partial charge < -0.3 is 16.0 Å². The highest BCUT2D eigenvalue weighted by atomic mass is 16.1. The number of carbonyl (C=O) groups is 1. The van der Waals surface area contributed by atoms with E-state index in [2.05, 4.69) is 24.1 Å². The zero-order valence-corrected chi connectivity index (χ0v) is 12.6. The normalized spacial score (nSPS) is 16.5. The molecule has 1 aliphatic rings. The van der Waals surface area contributed by atoms with E-state index in [9.17, 15) is 4.79 Å². The van der Waals surface area contributed by atoms with Crippen molar-refractivity contribution >= 4 is 17.3 Å². The number of nitrogens with one attached hydrogen (secondary N) is 1. The van der Waals surface area contributed by atoms with Crippen molar-refractivity contribution in [3.05, 3.63) is 23.8 Å². The van der Waals surface area contributed by atoms with Crippen LogP contribution < -0.4 is 16.0 Å². The van der Waals surface area contributed by atoms with Crippen molar-refractivity contribution in [2.45, 2.75) is 26.7 Å². The summed E-state index contributed by atoms with van der Waals surface area (Å²) in [5.41, 5.74) is 8.28. The Labute approximate surface area is 121 Å². The van der Waals surface area contributed by atoms with E-state index in [1.165, 1.54) is 12.8 Å². The zero-order valence-electron chi connectivity index (χ0n) is 12.6. The molecule has 1 aromatic rings. The molecule has 0 aromatic heterocycles. The van der Waals surface area contributed by atoms with Crippen LogP contribution in [0.2, 0.25) is 0 Å². The monoisotopic (exact) mass is 275 g/mol. The average molecular weight is 275 g/mol. The summed E-state index contributed by atoms with van der Waals surface area (Å²) < 4.78 is 0. The Morgan fingerprint density at radius 1 is 1.35 bits per heavy atom. The maximum atomic E-state index is 12.0.